The molecule has 0 saturated carbocycles. The van der Waals surface area contributed by atoms with E-state index < -0.39 is 12.1 Å². The van der Waals surface area contributed by atoms with E-state index in [0.717, 1.165) is 5.56 Å². The van der Waals surface area contributed by atoms with Gasteiger partial charge < -0.3 is 14.7 Å². The smallest absolute Gasteiger partial charge is 0.334 e. The molecule has 1 aliphatic heterocycles. The number of carbonyl (C=O) groups is 2. The van der Waals surface area contributed by atoms with Gasteiger partial charge in [0.1, 0.15) is 0 Å². The average molecular weight is 284 g/mol. The van der Waals surface area contributed by atoms with Gasteiger partial charge >= 0.3 is 5.97 Å². The summed E-state index contributed by atoms with van der Waals surface area (Å²) in [7, 11) is 0. The monoisotopic (exact) mass is 283 g/mol. The van der Waals surface area contributed by atoms with Crippen molar-refractivity contribution >= 4 is 23.5 Å². The zero-order chi connectivity index (χ0) is 14.0. The normalized spacial score (nSPS) is 19.3. The van der Waals surface area contributed by atoms with Gasteiger partial charge in [0, 0.05) is 17.1 Å². The number of carboxylic acid groups (broad SMARTS) is 1. The number of carboxylic acids is 1. The van der Waals surface area contributed by atoms with Crippen molar-refractivity contribution in [2.24, 2.45) is 0 Å². The number of ether oxygens (including phenoxy) is 1. The van der Waals surface area contributed by atoms with Gasteiger partial charge in [-0.15, -0.1) is 0 Å². The average Bonchev–Trinajstić information content (AvgIpc) is 2.38. The van der Waals surface area contributed by atoms with Crippen LogP contribution in [0.15, 0.2) is 18.2 Å². The third-order valence-electron chi connectivity index (χ3n) is 3.05. The molecule has 5 nitrogen and oxygen atoms in total. The highest BCUT2D eigenvalue weighted by molar-refractivity contribution is 6.30. The molecule has 2 rings (SSSR count). The van der Waals surface area contributed by atoms with E-state index >= 15 is 0 Å². The third kappa shape index (κ3) is 3.05. The predicted molar refractivity (Wildman–Crippen MR) is 69.5 cm³/mol. The van der Waals surface area contributed by atoms with Gasteiger partial charge in [-0.2, -0.15) is 0 Å². The summed E-state index contributed by atoms with van der Waals surface area (Å²) in [5, 5.41) is 9.49. The first-order chi connectivity index (χ1) is 8.99. The molecule has 0 aliphatic carbocycles. The molecule has 1 amide bonds. The summed E-state index contributed by atoms with van der Waals surface area (Å²) in [6, 6.07) is 5.02. The molecule has 19 heavy (non-hydrogen) atoms. The number of hydrogen-bond acceptors (Lipinski definition) is 3. The van der Waals surface area contributed by atoms with Crippen molar-refractivity contribution in [1.82, 2.24) is 4.90 Å². The topological polar surface area (TPSA) is 66.8 Å². The molecular formula is C13H14ClNO4. The number of aliphatic carboxylic acids is 1. The molecule has 1 fully saturated rings. The first-order valence-corrected chi connectivity index (χ1v) is 6.26. The Morgan fingerprint density at radius 1 is 1.47 bits per heavy atom. The highest BCUT2D eigenvalue weighted by Gasteiger charge is 2.29. The van der Waals surface area contributed by atoms with Crippen LogP contribution >= 0.6 is 11.6 Å². The second-order valence-corrected chi connectivity index (χ2v) is 4.84. The van der Waals surface area contributed by atoms with Gasteiger partial charge in [0.15, 0.2) is 6.10 Å². The highest BCUT2D eigenvalue weighted by atomic mass is 35.5. The summed E-state index contributed by atoms with van der Waals surface area (Å²) in [5.74, 6) is -1.24. The van der Waals surface area contributed by atoms with Crippen LogP contribution in [0.25, 0.3) is 0 Å². The predicted octanol–water partition coefficient (Wildman–Crippen LogP) is 1.57. The number of nitrogens with zero attached hydrogens (tertiary/aromatic N) is 1. The lowest BCUT2D eigenvalue weighted by Gasteiger charge is -2.31. The Bertz CT molecular complexity index is 517. The number of halogens is 1. The van der Waals surface area contributed by atoms with Gasteiger partial charge in [0.25, 0.3) is 5.91 Å². The minimum absolute atomic E-state index is 0.0657. The van der Waals surface area contributed by atoms with E-state index in [-0.39, 0.29) is 19.1 Å². The number of benzene rings is 1. The van der Waals surface area contributed by atoms with Crippen molar-refractivity contribution in [3.05, 3.63) is 34.3 Å². The standard InChI is InChI=1S/C13H14ClNO4/c1-8-6-9(14)2-3-10(8)12(16)15-4-5-19-11(7-15)13(17)18/h2-3,6,11H,4-5,7H2,1H3,(H,17,18). The summed E-state index contributed by atoms with van der Waals surface area (Å²) >= 11 is 5.85. The summed E-state index contributed by atoms with van der Waals surface area (Å²) in [5.41, 5.74) is 1.31. The van der Waals surface area contributed by atoms with E-state index in [2.05, 4.69) is 0 Å². The van der Waals surface area contributed by atoms with E-state index in [0.29, 0.717) is 17.1 Å². The molecule has 6 heteroatoms. The molecular weight excluding hydrogens is 270 g/mol. The Labute approximate surface area is 115 Å². The molecule has 1 saturated heterocycles. The molecule has 0 spiro atoms. The first-order valence-electron chi connectivity index (χ1n) is 5.89. The van der Waals surface area contributed by atoms with Crippen LogP contribution in [0, 0.1) is 6.92 Å². The Hall–Kier alpha value is -1.59. The summed E-state index contributed by atoms with van der Waals surface area (Å²) in [4.78, 5) is 24.7. The second kappa shape index (κ2) is 5.59. The third-order valence-corrected chi connectivity index (χ3v) is 3.28. The number of hydrogen-bond donors (Lipinski definition) is 1. The van der Waals surface area contributed by atoms with E-state index in [1.54, 1.807) is 25.1 Å². The summed E-state index contributed by atoms with van der Waals surface area (Å²) in [6.07, 6.45) is -0.953. The number of rotatable bonds is 2. The number of aryl methyl sites for hydroxylation is 1. The van der Waals surface area contributed by atoms with Gasteiger partial charge in [-0.1, -0.05) is 11.6 Å². The zero-order valence-corrected chi connectivity index (χ0v) is 11.2. The maximum Gasteiger partial charge on any atom is 0.334 e. The quantitative estimate of drug-likeness (QED) is 0.895. The van der Waals surface area contributed by atoms with E-state index in [9.17, 15) is 9.59 Å². The fourth-order valence-electron chi connectivity index (χ4n) is 2.02. The van der Waals surface area contributed by atoms with Crippen LogP contribution in [0.2, 0.25) is 5.02 Å². The molecule has 1 atom stereocenters. The van der Waals surface area contributed by atoms with E-state index in [1.165, 1.54) is 4.90 Å². The van der Waals surface area contributed by atoms with Gasteiger partial charge in [-0.25, -0.2) is 4.79 Å². The SMILES string of the molecule is Cc1cc(Cl)ccc1C(=O)N1CCOC(C(=O)O)C1. The summed E-state index contributed by atoms with van der Waals surface area (Å²) < 4.78 is 5.09. The van der Waals surface area contributed by atoms with E-state index in [1.807, 2.05) is 0 Å². The Morgan fingerprint density at radius 2 is 2.21 bits per heavy atom. The van der Waals surface area contributed by atoms with Gasteiger partial charge in [-0.05, 0) is 30.7 Å². The Morgan fingerprint density at radius 3 is 2.84 bits per heavy atom. The van der Waals surface area contributed by atoms with Crippen molar-refractivity contribution < 1.29 is 19.4 Å². The van der Waals surface area contributed by atoms with E-state index in [4.69, 9.17) is 21.4 Å². The summed E-state index contributed by atoms with van der Waals surface area (Å²) in [6.45, 7) is 2.49. The van der Waals surface area contributed by atoms with Crippen molar-refractivity contribution in [2.75, 3.05) is 19.7 Å². The van der Waals surface area contributed by atoms with Crippen molar-refractivity contribution in [2.45, 2.75) is 13.0 Å². The molecule has 1 unspecified atom stereocenters. The Balaban J connectivity index is 2.17. The minimum Gasteiger partial charge on any atom is -0.479 e. The lowest BCUT2D eigenvalue weighted by atomic mass is 10.1. The molecule has 1 aromatic rings. The van der Waals surface area contributed by atoms with Gasteiger partial charge in [0.2, 0.25) is 0 Å². The first kappa shape index (κ1) is 13.8. The number of carbonyl (C=O) groups excluding carboxylic acids is 1. The lowest BCUT2D eigenvalue weighted by molar-refractivity contribution is -0.154. The highest BCUT2D eigenvalue weighted by Crippen LogP contribution is 2.18. The molecule has 1 heterocycles. The minimum atomic E-state index is -1.05. The maximum absolute atomic E-state index is 12.3. The Kier molecular flexibility index (Phi) is 4.07. The molecule has 1 N–H and O–H groups in total. The van der Waals surface area contributed by atoms with Crippen LogP contribution in [0.5, 0.6) is 0 Å². The fourth-order valence-corrected chi connectivity index (χ4v) is 2.25. The number of amides is 1. The van der Waals surface area contributed by atoms with Crippen molar-refractivity contribution in [1.29, 1.82) is 0 Å². The van der Waals surface area contributed by atoms with Gasteiger partial charge in [-0.3, -0.25) is 4.79 Å². The molecule has 1 aliphatic rings. The number of morpholine rings is 1. The van der Waals surface area contributed by atoms with Crippen molar-refractivity contribution in [3.63, 3.8) is 0 Å². The molecule has 0 radical (unpaired) electrons. The maximum atomic E-state index is 12.3. The van der Waals surface area contributed by atoms with Crippen LogP contribution in [-0.4, -0.2) is 47.7 Å². The van der Waals surface area contributed by atoms with Gasteiger partial charge in [0.05, 0.1) is 13.2 Å². The lowest BCUT2D eigenvalue weighted by Crippen LogP contribution is -2.48. The van der Waals surface area contributed by atoms with Crippen LogP contribution < -0.4 is 0 Å². The largest absolute Gasteiger partial charge is 0.479 e. The second-order valence-electron chi connectivity index (χ2n) is 4.41. The van der Waals surface area contributed by atoms with Crippen molar-refractivity contribution in [3.8, 4) is 0 Å². The molecule has 0 aromatic heterocycles. The fraction of sp³-hybridized carbons (Fsp3) is 0.385. The van der Waals surface area contributed by atoms with Crippen LogP contribution in [-0.2, 0) is 9.53 Å². The van der Waals surface area contributed by atoms with Crippen LogP contribution in [0.4, 0.5) is 0 Å². The zero-order valence-electron chi connectivity index (χ0n) is 10.4. The molecule has 0 bridgehead atoms. The van der Waals surface area contributed by atoms with Crippen LogP contribution in [0.3, 0.4) is 0 Å². The molecule has 1 aromatic carbocycles. The van der Waals surface area contributed by atoms with Crippen LogP contribution in [0.1, 0.15) is 15.9 Å². The molecule has 102 valence electrons.